The van der Waals surface area contributed by atoms with Gasteiger partial charge >= 0.3 is 0 Å². The summed E-state index contributed by atoms with van der Waals surface area (Å²) in [6, 6.07) is 0. The average molecular weight is 252 g/mol. The first kappa shape index (κ1) is 14.8. The minimum atomic E-state index is -0.451. The van der Waals surface area contributed by atoms with Crippen molar-refractivity contribution >= 4 is 5.78 Å². The summed E-state index contributed by atoms with van der Waals surface area (Å²) in [4.78, 5) is 14.8. The van der Waals surface area contributed by atoms with Gasteiger partial charge in [-0.2, -0.15) is 0 Å². The second-order valence-electron chi connectivity index (χ2n) is 4.80. The van der Waals surface area contributed by atoms with Gasteiger partial charge < -0.3 is 0 Å². The molecule has 5 nitrogen and oxygen atoms in total. The van der Waals surface area contributed by atoms with Crippen LogP contribution in [-0.4, -0.2) is 45.3 Å². The number of Topliss-reactive ketones (excluding diaryl/α,β-unsaturated/α-hetero) is 1. The molecular weight excluding hydrogens is 228 g/mol. The molecule has 0 aliphatic carbocycles. The lowest BCUT2D eigenvalue weighted by Gasteiger charge is -2.36. The molecule has 0 radical (unpaired) electrons. The van der Waals surface area contributed by atoms with Crippen LogP contribution < -0.4 is 0 Å². The molecule has 0 aliphatic rings. The Hall–Kier alpha value is -1.23. The van der Waals surface area contributed by atoms with Crippen molar-refractivity contribution in [1.29, 1.82) is 0 Å². The normalized spacial score (nSPS) is 12.1. The van der Waals surface area contributed by atoms with Gasteiger partial charge in [-0.3, -0.25) is 9.69 Å². The molecule has 0 bridgehead atoms. The van der Waals surface area contributed by atoms with E-state index in [2.05, 4.69) is 31.1 Å². The van der Waals surface area contributed by atoms with E-state index in [4.69, 9.17) is 0 Å². The average Bonchev–Trinajstić information content (AvgIpc) is 2.79. The summed E-state index contributed by atoms with van der Waals surface area (Å²) in [5, 5.41) is 7.87. The number of carbonyl (C=O) groups is 1. The third kappa shape index (κ3) is 2.46. The Morgan fingerprint density at radius 3 is 2.39 bits per heavy atom. The molecule has 5 heteroatoms. The molecule has 18 heavy (non-hydrogen) atoms. The van der Waals surface area contributed by atoms with Gasteiger partial charge in [-0.05, 0) is 33.4 Å². The third-order valence-electron chi connectivity index (χ3n) is 3.73. The van der Waals surface area contributed by atoms with Gasteiger partial charge in [0.05, 0.1) is 11.7 Å². The second kappa shape index (κ2) is 6.09. The summed E-state index contributed by atoms with van der Waals surface area (Å²) in [5.41, 5.74) is 0.168. The van der Waals surface area contributed by atoms with Gasteiger partial charge in [-0.25, -0.2) is 4.68 Å². The fourth-order valence-electron chi connectivity index (χ4n) is 2.46. The molecule has 0 amide bonds. The Morgan fingerprint density at radius 2 is 1.94 bits per heavy atom. The number of hydrogen-bond acceptors (Lipinski definition) is 4. The van der Waals surface area contributed by atoms with E-state index in [0.717, 1.165) is 25.8 Å². The predicted molar refractivity (Wildman–Crippen MR) is 71.6 cm³/mol. The zero-order valence-electron chi connectivity index (χ0n) is 12.1. The lowest BCUT2D eigenvalue weighted by molar-refractivity contribution is 0.0644. The van der Waals surface area contributed by atoms with Gasteiger partial charge in [0.25, 0.3) is 0 Å². The maximum Gasteiger partial charge on any atom is 0.202 e. The van der Waals surface area contributed by atoms with Crippen LogP contribution in [0.4, 0.5) is 0 Å². The fraction of sp³-hybridized carbons (Fsp3) is 0.769. The highest BCUT2D eigenvalue weighted by Crippen LogP contribution is 2.26. The first-order valence-corrected chi connectivity index (χ1v) is 6.64. The Kier molecular flexibility index (Phi) is 5.02. The maximum absolute atomic E-state index is 12.8. The Balaban J connectivity index is 3.14. The zero-order valence-corrected chi connectivity index (χ0v) is 12.1. The SMILES string of the molecule is CCCn1nncc1C(=O)C(CC)(CC)N(C)C. The number of carbonyl (C=O) groups excluding carboxylic acids is 1. The van der Waals surface area contributed by atoms with E-state index in [9.17, 15) is 4.79 Å². The molecule has 0 atom stereocenters. The standard InChI is InChI=1S/C13H24N4O/c1-6-9-17-11(10-14-15-17)12(18)13(7-2,8-3)16(4)5/h10H,6-9H2,1-5H3. The van der Waals surface area contributed by atoms with Crippen LogP contribution in [0.5, 0.6) is 0 Å². The summed E-state index contributed by atoms with van der Waals surface area (Å²) in [7, 11) is 3.91. The smallest absolute Gasteiger partial charge is 0.202 e. The van der Waals surface area contributed by atoms with Crippen molar-refractivity contribution in [3.05, 3.63) is 11.9 Å². The maximum atomic E-state index is 12.8. The summed E-state index contributed by atoms with van der Waals surface area (Å²) in [5.74, 6) is 0.121. The topological polar surface area (TPSA) is 51.0 Å². The largest absolute Gasteiger partial charge is 0.297 e. The summed E-state index contributed by atoms with van der Waals surface area (Å²) >= 11 is 0. The molecule has 0 fully saturated rings. The van der Waals surface area contributed by atoms with Crippen molar-refractivity contribution < 1.29 is 4.79 Å². The van der Waals surface area contributed by atoms with E-state index in [0.29, 0.717) is 5.69 Å². The van der Waals surface area contributed by atoms with Crippen LogP contribution in [0.15, 0.2) is 6.20 Å². The van der Waals surface area contributed by atoms with Crippen LogP contribution in [0.3, 0.4) is 0 Å². The van der Waals surface area contributed by atoms with E-state index in [1.54, 1.807) is 10.9 Å². The number of rotatable bonds is 7. The van der Waals surface area contributed by atoms with Crippen LogP contribution in [0.2, 0.25) is 0 Å². The van der Waals surface area contributed by atoms with Crippen LogP contribution in [0, 0.1) is 0 Å². The molecule has 1 rings (SSSR count). The van der Waals surface area contributed by atoms with Crippen LogP contribution in [0.1, 0.15) is 50.5 Å². The summed E-state index contributed by atoms with van der Waals surface area (Å²) in [6.07, 6.45) is 4.09. The highest BCUT2D eigenvalue weighted by molar-refractivity contribution is 6.01. The van der Waals surface area contributed by atoms with Gasteiger partial charge in [0.2, 0.25) is 5.78 Å². The Bertz CT molecular complexity index is 393. The number of likely N-dealkylation sites (N-methyl/N-ethyl adjacent to an activating group) is 1. The van der Waals surface area contributed by atoms with Crippen molar-refractivity contribution in [3.8, 4) is 0 Å². The molecule has 0 spiro atoms. The van der Waals surface area contributed by atoms with Crippen molar-refractivity contribution in [2.24, 2.45) is 0 Å². The summed E-state index contributed by atoms with van der Waals surface area (Å²) < 4.78 is 1.71. The molecule has 0 aliphatic heterocycles. The molecule has 1 aromatic rings. The molecule has 0 unspecified atom stereocenters. The van der Waals surface area contributed by atoms with Gasteiger partial charge in [-0.15, -0.1) is 5.10 Å². The molecule has 1 heterocycles. The third-order valence-corrected chi connectivity index (χ3v) is 3.73. The first-order chi connectivity index (χ1) is 8.53. The fourth-order valence-corrected chi connectivity index (χ4v) is 2.46. The second-order valence-corrected chi connectivity index (χ2v) is 4.80. The minimum Gasteiger partial charge on any atom is -0.297 e. The number of aryl methyl sites for hydroxylation is 1. The van der Waals surface area contributed by atoms with Gasteiger partial charge in [0, 0.05) is 6.54 Å². The van der Waals surface area contributed by atoms with Crippen molar-refractivity contribution in [3.63, 3.8) is 0 Å². The molecule has 0 aromatic carbocycles. The molecule has 0 N–H and O–H groups in total. The van der Waals surface area contributed by atoms with Gasteiger partial charge in [0.1, 0.15) is 5.69 Å². The zero-order chi connectivity index (χ0) is 13.8. The lowest BCUT2D eigenvalue weighted by Crippen LogP contribution is -2.50. The monoisotopic (exact) mass is 252 g/mol. The number of aromatic nitrogens is 3. The molecule has 0 saturated carbocycles. The Morgan fingerprint density at radius 1 is 1.33 bits per heavy atom. The molecular formula is C13H24N4O. The van der Waals surface area contributed by atoms with Crippen molar-refractivity contribution in [2.45, 2.75) is 52.1 Å². The number of hydrogen-bond donors (Lipinski definition) is 0. The predicted octanol–water partition coefficient (Wildman–Crippen LogP) is 1.99. The number of nitrogens with zero attached hydrogens (tertiary/aromatic N) is 4. The van der Waals surface area contributed by atoms with Gasteiger partial charge in [0.15, 0.2) is 0 Å². The Labute approximate surface area is 109 Å². The number of ketones is 1. The quantitative estimate of drug-likeness (QED) is 0.696. The van der Waals surface area contributed by atoms with E-state index in [1.165, 1.54) is 0 Å². The minimum absolute atomic E-state index is 0.121. The van der Waals surface area contributed by atoms with E-state index < -0.39 is 5.54 Å². The van der Waals surface area contributed by atoms with Crippen LogP contribution in [0.25, 0.3) is 0 Å². The first-order valence-electron chi connectivity index (χ1n) is 6.64. The van der Waals surface area contributed by atoms with Crippen molar-refractivity contribution in [1.82, 2.24) is 19.9 Å². The van der Waals surface area contributed by atoms with E-state index in [1.807, 2.05) is 19.0 Å². The van der Waals surface area contributed by atoms with Crippen LogP contribution in [-0.2, 0) is 6.54 Å². The molecule has 1 aromatic heterocycles. The van der Waals surface area contributed by atoms with E-state index >= 15 is 0 Å². The highest BCUT2D eigenvalue weighted by atomic mass is 16.1. The highest BCUT2D eigenvalue weighted by Gasteiger charge is 2.39. The lowest BCUT2D eigenvalue weighted by atomic mass is 9.85. The van der Waals surface area contributed by atoms with E-state index in [-0.39, 0.29) is 5.78 Å². The molecule has 0 saturated heterocycles. The molecule has 102 valence electrons. The van der Waals surface area contributed by atoms with Crippen molar-refractivity contribution in [2.75, 3.05) is 14.1 Å². The van der Waals surface area contributed by atoms with Crippen LogP contribution >= 0.6 is 0 Å². The van der Waals surface area contributed by atoms with Gasteiger partial charge in [-0.1, -0.05) is 26.0 Å². The summed E-state index contributed by atoms with van der Waals surface area (Å²) in [6.45, 7) is 6.90.